The number of esters is 1. The maximum absolute atomic E-state index is 12.0. The Bertz CT molecular complexity index is 473. The third kappa shape index (κ3) is 3.63. The van der Waals surface area contributed by atoms with E-state index in [1.807, 2.05) is 18.2 Å². The molecule has 2 rings (SSSR count). The van der Waals surface area contributed by atoms with Crippen molar-refractivity contribution in [2.24, 2.45) is 0 Å². The highest BCUT2D eigenvalue weighted by molar-refractivity contribution is 5.80. The van der Waals surface area contributed by atoms with E-state index in [9.17, 15) is 4.79 Å². The van der Waals surface area contributed by atoms with Crippen molar-refractivity contribution >= 4 is 5.97 Å². The van der Waals surface area contributed by atoms with Gasteiger partial charge in [-0.3, -0.25) is 5.32 Å². The van der Waals surface area contributed by atoms with Crippen LogP contribution in [0.25, 0.3) is 0 Å². The number of hydrogen-bond donors (Lipinski definition) is 1. The van der Waals surface area contributed by atoms with Crippen LogP contribution >= 0.6 is 0 Å². The van der Waals surface area contributed by atoms with Crippen molar-refractivity contribution in [1.29, 1.82) is 0 Å². The average molecular weight is 279 g/mol. The monoisotopic (exact) mass is 279 g/mol. The predicted molar refractivity (Wildman–Crippen MR) is 75.1 cm³/mol. The minimum atomic E-state index is -0.834. The van der Waals surface area contributed by atoms with Gasteiger partial charge in [-0.05, 0) is 31.9 Å². The Labute approximate surface area is 119 Å². The van der Waals surface area contributed by atoms with Crippen LogP contribution in [0, 0.1) is 0 Å². The number of carbonyl (C=O) groups excluding carboxylic acids is 1. The fourth-order valence-corrected chi connectivity index (χ4v) is 1.98. The van der Waals surface area contributed by atoms with Gasteiger partial charge in [0.05, 0.1) is 14.2 Å². The van der Waals surface area contributed by atoms with Gasteiger partial charge in [0.15, 0.2) is 0 Å². The first kappa shape index (κ1) is 14.7. The number of nitrogens with one attached hydrogen (secondary N) is 1. The van der Waals surface area contributed by atoms with E-state index in [4.69, 9.17) is 14.2 Å². The van der Waals surface area contributed by atoms with Gasteiger partial charge in [-0.1, -0.05) is 6.07 Å². The molecule has 0 aromatic heterocycles. The van der Waals surface area contributed by atoms with Gasteiger partial charge in [0.1, 0.15) is 23.6 Å². The number of benzene rings is 1. The Morgan fingerprint density at radius 2 is 2.05 bits per heavy atom. The van der Waals surface area contributed by atoms with Gasteiger partial charge in [0.2, 0.25) is 0 Å². The van der Waals surface area contributed by atoms with Crippen LogP contribution in [0.15, 0.2) is 24.3 Å². The molecule has 0 aliphatic heterocycles. The second-order valence-corrected chi connectivity index (χ2v) is 5.21. The van der Waals surface area contributed by atoms with E-state index < -0.39 is 5.54 Å². The maximum atomic E-state index is 12.0. The first-order valence-electron chi connectivity index (χ1n) is 6.70. The topological polar surface area (TPSA) is 56.8 Å². The molecule has 20 heavy (non-hydrogen) atoms. The smallest absolute Gasteiger partial charge is 0.329 e. The number of ether oxygens (including phenoxy) is 3. The molecule has 1 unspecified atom stereocenters. The lowest BCUT2D eigenvalue weighted by molar-refractivity contribution is -0.149. The van der Waals surface area contributed by atoms with E-state index in [1.54, 1.807) is 20.1 Å². The number of hydrogen-bond acceptors (Lipinski definition) is 5. The van der Waals surface area contributed by atoms with Crippen molar-refractivity contribution in [3.8, 4) is 11.5 Å². The van der Waals surface area contributed by atoms with Crippen LogP contribution in [-0.2, 0) is 9.53 Å². The summed E-state index contributed by atoms with van der Waals surface area (Å²) in [5.41, 5.74) is -0.834. The molecule has 5 nitrogen and oxygen atoms in total. The minimum Gasteiger partial charge on any atom is -0.497 e. The first-order chi connectivity index (χ1) is 9.57. The molecule has 1 N–H and O–H groups in total. The van der Waals surface area contributed by atoms with E-state index >= 15 is 0 Å². The van der Waals surface area contributed by atoms with Crippen molar-refractivity contribution in [1.82, 2.24) is 5.32 Å². The average Bonchev–Trinajstić information content (AvgIpc) is 3.28. The summed E-state index contributed by atoms with van der Waals surface area (Å²) in [6.45, 7) is 2.01. The van der Waals surface area contributed by atoms with Crippen LogP contribution in [0.1, 0.15) is 19.8 Å². The van der Waals surface area contributed by atoms with Crippen molar-refractivity contribution < 1.29 is 19.0 Å². The van der Waals surface area contributed by atoms with E-state index in [2.05, 4.69) is 5.32 Å². The maximum Gasteiger partial charge on any atom is 0.329 e. The summed E-state index contributed by atoms with van der Waals surface area (Å²) in [5, 5.41) is 3.29. The summed E-state index contributed by atoms with van der Waals surface area (Å²) >= 11 is 0. The third-order valence-electron chi connectivity index (χ3n) is 3.30. The van der Waals surface area contributed by atoms with E-state index in [0.29, 0.717) is 11.8 Å². The highest BCUT2D eigenvalue weighted by atomic mass is 16.5. The molecule has 0 heterocycles. The van der Waals surface area contributed by atoms with Crippen molar-refractivity contribution in [3.63, 3.8) is 0 Å². The normalized spacial score (nSPS) is 17.1. The molecule has 0 radical (unpaired) electrons. The quantitative estimate of drug-likeness (QED) is 0.771. The summed E-state index contributed by atoms with van der Waals surface area (Å²) in [6, 6.07) is 7.69. The van der Waals surface area contributed by atoms with Crippen molar-refractivity contribution in [2.45, 2.75) is 31.3 Å². The molecule has 0 bridgehead atoms. The molecular formula is C15H21NO4. The molecule has 110 valence electrons. The Morgan fingerprint density at radius 3 is 2.65 bits per heavy atom. The van der Waals surface area contributed by atoms with Gasteiger partial charge < -0.3 is 14.2 Å². The van der Waals surface area contributed by atoms with Crippen LogP contribution in [0.4, 0.5) is 0 Å². The van der Waals surface area contributed by atoms with Crippen LogP contribution in [-0.4, -0.2) is 38.4 Å². The third-order valence-corrected chi connectivity index (χ3v) is 3.30. The lowest BCUT2D eigenvalue weighted by Gasteiger charge is -2.28. The fraction of sp³-hybridized carbons (Fsp3) is 0.533. The van der Waals surface area contributed by atoms with Crippen molar-refractivity contribution in [2.75, 3.05) is 20.8 Å². The molecule has 0 saturated heterocycles. The molecule has 1 aliphatic carbocycles. The van der Waals surface area contributed by atoms with Gasteiger partial charge in [-0.2, -0.15) is 0 Å². The van der Waals surface area contributed by atoms with Gasteiger partial charge >= 0.3 is 5.97 Å². The Hall–Kier alpha value is -1.75. The van der Waals surface area contributed by atoms with Gasteiger partial charge in [-0.25, -0.2) is 4.79 Å². The summed E-state index contributed by atoms with van der Waals surface area (Å²) in [6.07, 6.45) is 2.18. The van der Waals surface area contributed by atoms with Crippen molar-refractivity contribution in [3.05, 3.63) is 24.3 Å². The Kier molecular flexibility index (Phi) is 4.49. The van der Waals surface area contributed by atoms with Gasteiger partial charge in [0, 0.05) is 12.1 Å². The first-order valence-corrected chi connectivity index (χ1v) is 6.70. The lowest BCUT2D eigenvalue weighted by Crippen LogP contribution is -2.55. The molecule has 5 heteroatoms. The second-order valence-electron chi connectivity index (χ2n) is 5.21. The fourth-order valence-electron chi connectivity index (χ4n) is 1.98. The predicted octanol–water partition coefficient (Wildman–Crippen LogP) is 1.76. The Morgan fingerprint density at radius 1 is 1.35 bits per heavy atom. The molecule has 1 aromatic carbocycles. The molecule has 1 saturated carbocycles. The molecule has 1 atom stereocenters. The summed E-state index contributed by atoms with van der Waals surface area (Å²) in [4.78, 5) is 12.0. The number of carbonyl (C=O) groups is 1. The molecule has 1 aromatic rings. The lowest BCUT2D eigenvalue weighted by atomic mass is 10.0. The molecule has 0 amide bonds. The highest BCUT2D eigenvalue weighted by Crippen LogP contribution is 2.25. The van der Waals surface area contributed by atoms with Crippen LogP contribution in [0.5, 0.6) is 11.5 Å². The highest BCUT2D eigenvalue weighted by Gasteiger charge is 2.40. The largest absolute Gasteiger partial charge is 0.497 e. The summed E-state index contributed by atoms with van der Waals surface area (Å²) < 4.78 is 15.7. The molecular weight excluding hydrogens is 258 g/mol. The molecule has 1 aliphatic rings. The van der Waals surface area contributed by atoms with Gasteiger partial charge in [0.25, 0.3) is 0 Å². The number of rotatable bonds is 7. The zero-order chi connectivity index (χ0) is 14.6. The van der Waals surface area contributed by atoms with Gasteiger partial charge in [-0.15, -0.1) is 0 Å². The molecule has 0 spiro atoms. The molecule has 1 fully saturated rings. The van der Waals surface area contributed by atoms with E-state index in [1.165, 1.54) is 7.11 Å². The summed E-state index contributed by atoms with van der Waals surface area (Å²) in [7, 11) is 2.99. The van der Waals surface area contributed by atoms with Crippen LogP contribution in [0.3, 0.4) is 0 Å². The van der Waals surface area contributed by atoms with E-state index in [-0.39, 0.29) is 12.6 Å². The Balaban J connectivity index is 2.01. The zero-order valence-electron chi connectivity index (χ0n) is 12.1. The van der Waals surface area contributed by atoms with E-state index in [0.717, 1.165) is 18.6 Å². The number of methoxy groups -OCH3 is 2. The second kappa shape index (κ2) is 6.13. The summed E-state index contributed by atoms with van der Waals surface area (Å²) in [5.74, 6) is 1.07. The standard InChI is InChI=1S/C15H21NO4/c1-15(14(17)19-3,16-11-7-8-11)10-20-13-6-4-5-12(9-13)18-2/h4-6,9,11,16H,7-8,10H2,1-3H3. The minimum absolute atomic E-state index is 0.212. The SMILES string of the molecule is COC(=O)C(C)(COc1cccc(OC)c1)NC1CC1. The zero-order valence-corrected chi connectivity index (χ0v) is 12.1. The van der Waals surface area contributed by atoms with Crippen LogP contribution < -0.4 is 14.8 Å². The van der Waals surface area contributed by atoms with Crippen LogP contribution in [0.2, 0.25) is 0 Å².